The second-order valence-corrected chi connectivity index (χ2v) is 7.22. The average Bonchev–Trinajstić information content (AvgIpc) is 3.20. The zero-order valence-electron chi connectivity index (χ0n) is 16.0. The molecular weight excluding hydrogens is 358 g/mol. The van der Waals surface area contributed by atoms with Crippen LogP contribution in [0.2, 0.25) is 0 Å². The number of piperidine rings is 1. The van der Waals surface area contributed by atoms with E-state index in [2.05, 4.69) is 20.2 Å². The van der Waals surface area contributed by atoms with Gasteiger partial charge in [-0.05, 0) is 31.0 Å². The molecule has 2 aliphatic heterocycles. The maximum Gasteiger partial charge on any atom is 0.253 e. The van der Waals surface area contributed by atoms with Crippen molar-refractivity contribution in [3.63, 3.8) is 0 Å². The first kappa shape index (κ1) is 18.5. The molecular formula is C20H25N5O3. The summed E-state index contributed by atoms with van der Waals surface area (Å²) in [6, 6.07) is 5.42. The topological polar surface area (TPSA) is 88.5 Å². The predicted molar refractivity (Wildman–Crippen MR) is 106 cm³/mol. The van der Waals surface area contributed by atoms with E-state index in [1.54, 1.807) is 13.2 Å². The number of hydrogen-bond acceptors (Lipinski definition) is 5. The van der Waals surface area contributed by atoms with Crippen molar-refractivity contribution in [1.29, 1.82) is 0 Å². The highest BCUT2D eigenvalue weighted by atomic mass is 16.5. The molecule has 1 aromatic heterocycles. The van der Waals surface area contributed by atoms with Gasteiger partial charge in [-0.1, -0.05) is 0 Å². The fraction of sp³-hybridized carbons (Fsp3) is 0.450. The Kier molecular flexibility index (Phi) is 5.29. The number of carbonyl (C=O) groups is 2. The minimum Gasteiger partial charge on any atom is -0.383 e. The number of likely N-dealkylation sites (tertiary alicyclic amines) is 1. The molecule has 0 saturated carbocycles. The molecule has 0 radical (unpaired) electrons. The van der Waals surface area contributed by atoms with E-state index in [4.69, 9.17) is 4.74 Å². The highest BCUT2D eigenvalue weighted by molar-refractivity contribution is 6.03. The van der Waals surface area contributed by atoms with Crippen LogP contribution in [0.4, 0.5) is 11.4 Å². The molecule has 2 aliphatic rings. The number of nitrogens with zero attached hydrogens (tertiary/aromatic N) is 3. The Balaban J connectivity index is 1.49. The first-order valence-corrected chi connectivity index (χ1v) is 9.62. The lowest BCUT2D eigenvalue weighted by Crippen LogP contribution is -2.40. The normalized spacial score (nSPS) is 19.0. The number of benzene rings is 1. The van der Waals surface area contributed by atoms with Gasteiger partial charge in [0.15, 0.2) is 0 Å². The lowest BCUT2D eigenvalue weighted by molar-refractivity contribution is -0.114. The van der Waals surface area contributed by atoms with Crippen molar-refractivity contribution in [2.24, 2.45) is 0 Å². The molecule has 0 spiro atoms. The van der Waals surface area contributed by atoms with Crippen molar-refractivity contribution in [3.05, 3.63) is 42.0 Å². The molecule has 148 valence electrons. The summed E-state index contributed by atoms with van der Waals surface area (Å²) in [7, 11) is 1.69. The molecule has 0 bridgehead atoms. The lowest BCUT2D eigenvalue weighted by atomic mass is 9.96. The quantitative estimate of drug-likeness (QED) is 0.823. The fourth-order valence-corrected chi connectivity index (χ4v) is 3.92. The largest absolute Gasteiger partial charge is 0.383 e. The summed E-state index contributed by atoms with van der Waals surface area (Å²) in [5, 5.41) is 5.87. The second-order valence-electron chi connectivity index (χ2n) is 7.22. The summed E-state index contributed by atoms with van der Waals surface area (Å²) in [5.41, 5.74) is 2.09. The number of hydrogen-bond donors (Lipinski definition) is 2. The molecule has 8 heteroatoms. The highest BCUT2D eigenvalue weighted by Crippen LogP contribution is 2.29. The summed E-state index contributed by atoms with van der Waals surface area (Å²) in [4.78, 5) is 31.1. The highest BCUT2D eigenvalue weighted by Gasteiger charge is 2.28. The molecule has 1 saturated heterocycles. The third-order valence-corrected chi connectivity index (χ3v) is 5.34. The number of methoxy groups -OCH3 is 1. The monoisotopic (exact) mass is 383 g/mol. The van der Waals surface area contributed by atoms with Gasteiger partial charge < -0.3 is 24.8 Å². The molecule has 3 heterocycles. The Morgan fingerprint density at radius 2 is 2.25 bits per heavy atom. The van der Waals surface area contributed by atoms with Crippen LogP contribution in [0.3, 0.4) is 0 Å². The Morgan fingerprint density at radius 1 is 1.36 bits per heavy atom. The minimum absolute atomic E-state index is 0.0117. The Morgan fingerprint density at radius 3 is 3.11 bits per heavy atom. The minimum atomic E-state index is -0.0990. The van der Waals surface area contributed by atoms with Crippen LogP contribution in [-0.2, 0) is 16.1 Å². The average molecular weight is 383 g/mol. The molecule has 28 heavy (non-hydrogen) atoms. The van der Waals surface area contributed by atoms with Crippen LogP contribution < -0.4 is 10.6 Å². The summed E-state index contributed by atoms with van der Waals surface area (Å²) in [6.07, 6.45) is 5.73. The van der Waals surface area contributed by atoms with Crippen LogP contribution in [-0.4, -0.2) is 59.6 Å². The van der Waals surface area contributed by atoms with Gasteiger partial charge in [0.1, 0.15) is 5.82 Å². The van der Waals surface area contributed by atoms with Crippen LogP contribution in [0.25, 0.3) is 0 Å². The molecule has 1 atom stereocenters. The fourth-order valence-electron chi connectivity index (χ4n) is 3.92. The van der Waals surface area contributed by atoms with E-state index in [-0.39, 0.29) is 24.3 Å². The molecule has 1 fully saturated rings. The van der Waals surface area contributed by atoms with Crippen LogP contribution >= 0.6 is 0 Å². The molecule has 0 aliphatic carbocycles. The van der Waals surface area contributed by atoms with E-state index >= 15 is 0 Å². The number of fused-ring (bicyclic) bond motifs is 1. The third kappa shape index (κ3) is 3.73. The summed E-state index contributed by atoms with van der Waals surface area (Å²) in [5.74, 6) is 1.11. The van der Waals surface area contributed by atoms with Crippen LogP contribution in [0.5, 0.6) is 0 Å². The number of amides is 2. The van der Waals surface area contributed by atoms with Crippen LogP contribution in [0.15, 0.2) is 30.6 Å². The van der Waals surface area contributed by atoms with Gasteiger partial charge in [0.05, 0.1) is 24.5 Å². The Labute approximate surface area is 163 Å². The van der Waals surface area contributed by atoms with Crippen molar-refractivity contribution < 1.29 is 14.3 Å². The van der Waals surface area contributed by atoms with Crippen molar-refractivity contribution in [1.82, 2.24) is 14.5 Å². The maximum absolute atomic E-state index is 13.1. The van der Waals surface area contributed by atoms with Crippen molar-refractivity contribution >= 4 is 23.2 Å². The van der Waals surface area contributed by atoms with Gasteiger partial charge in [0.25, 0.3) is 5.91 Å². The van der Waals surface area contributed by atoms with Crippen LogP contribution in [0, 0.1) is 0 Å². The molecule has 2 amide bonds. The van der Waals surface area contributed by atoms with Gasteiger partial charge in [-0.3, -0.25) is 9.59 Å². The van der Waals surface area contributed by atoms with Gasteiger partial charge in [-0.15, -0.1) is 0 Å². The predicted octanol–water partition coefficient (Wildman–Crippen LogP) is 1.91. The van der Waals surface area contributed by atoms with Gasteiger partial charge in [0.2, 0.25) is 5.91 Å². The van der Waals surface area contributed by atoms with Gasteiger partial charge in [-0.25, -0.2) is 4.98 Å². The second kappa shape index (κ2) is 8.02. The van der Waals surface area contributed by atoms with E-state index in [1.807, 2.05) is 29.4 Å². The lowest BCUT2D eigenvalue weighted by Gasteiger charge is -2.33. The number of imidazole rings is 1. The number of carbonyl (C=O) groups excluding carboxylic acids is 2. The standard InChI is InChI=1S/C20H25N5O3/c1-28-10-9-24-8-6-21-19(24)15-3-2-7-25(13-15)20(27)14-4-5-16-17(11-14)23-18(26)12-22-16/h4-6,8,11,15,22H,2-3,7,9-10,12-13H2,1H3,(H,23,26). The first-order chi connectivity index (χ1) is 13.7. The SMILES string of the molecule is COCCn1ccnc1C1CCCN(C(=O)c2ccc3c(c2)NC(=O)CN3)C1. The molecule has 2 N–H and O–H groups in total. The Hall–Kier alpha value is -2.87. The number of nitrogens with one attached hydrogen (secondary N) is 2. The molecule has 1 unspecified atom stereocenters. The van der Waals surface area contributed by atoms with Crippen molar-refractivity contribution in [3.8, 4) is 0 Å². The van der Waals surface area contributed by atoms with E-state index < -0.39 is 0 Å². The van der Waals surface area contributed by atoms with E-state index in [0.29, 0.717) is 24.4 Å². The Bertz CT molecular complexity index is 878. The first-order valence-electron chi connectivity index (χ1n) is 9.62. The number of anilines is 2. The maximum atomic E-state index is 13.1. The number of rotatable bonds is 5. The zero-order valence-corrected chi connectivity index (χ0v) is 16.0. The summed E-state index contributed by atoms with van der Waals surface area (Å²) in [6.45, 7) is 3.02. The van der Waals surface area contributed by atoms with Crippen molar-refractivity contribution in [2.75, 3.05) is 44.0 Å². The number of aromatic nitrogens is 2. The van der Waals surface area contributed by atoms with Gasteiger partial charge in [-0.2, -0.15) is 0 Å². The number of ether oxygens (including phenoxy) is 1. The van der Waals surface area contributed by atoms with Crippen LogP contribution in [0.1, 0.15) is 34.9 Å². The zero-order chi connectivity index (χ0) is 19.5. The van der Waals surface area contributed by atoms with Gasteiger partial charge in [0, 0.05) is 50.6 Å². The molecule has 2 aromatic rings. The molecule has 4 rings (SSSR count). The van der Waals surface area contributed by atoms with E-state index in [0.717, 1.165) is 37.4 Å². The van der Waals surface area contributed by atoms with E-state index in [9.17, 15) is 9.59 Å². The van der Waals surface area contributed by atoms with Crippen molar-refractivity contribution in [2.45, 2.75) is 25.3 Å². The van der Waals surface area contributed by atoms with Gasteiger partial charge >= 0.3 is 0 Å². The molecule has 8 nitrogen and oxygen atoms in total. The molecule has 1 aromatic carbocycles. The summed E-state index contributed by atoms with van der Waals surface area (Å²) < 4.78 is 7.29. The van der Waals surface area contributed by atoms with E-state index in [1.165, 1.54) is 0 Å². The summed E-state index contributed by atoms with van der Waals surface area (Å²) >= 11 is 0. The third-order valence-electron chi connectivity index (χ3n) is 5.34. The smallest absolute Gasteiger partial charge is 0.253 e.